The van der Waals surface area contributed by atoms with Crippen molar-refractivity contribution in [3.05, 3.63) is 28.4 Å². The standard InChI is InChI=1S/C14H19N3S/c1-5-6-12-16-13(10(3)14(15-4)17-12)11-8-7-9(2)18-11/h7-8H,5-6H2,1-4H3,(H,15,16,17). The van der Waals surface area contributed by atoms with Crippen LogP contribution in [0.5, 0.6) is 0 Å². The minimum atomic E-state index is 0.923. The molecule has 0 aliphatic carbocycles. The molecule has 2 aromatic rings. The Morgan fingerprint density at radius 2 is 2.00 bits per heavy atom. The molecular formula is C14H19N3S. The molecule has 2 rings (SSSR count). The van der Waals surface area contributed by atoms with Gasteiger partial charge in [0.25, 0.3) is 0 Å². The van der Waals surface area contributed by atoms with E-state index in [4.69, 9.17) is 4.98 Å². The van der Waals surface area contributed by atoms with Crippen molar-refractivity contribution in [2.45, 2.75) is 33.6 Å². The van der Waals surface area contributed by atoms with Gasteiger partial charge < -0.3 is 5.32 Å². The molecule has 3 nitrogen and oxygen atoms in total. The van der Waals surface area contributed by atoms with Crippen LogP contribution in [-0.4, -0.2) is 17.0 Å². The minimum absolute atomic E-state index is 0.923. The molecular weight excluding hydrogens is 242 g/mol. The number of hydrogen-bond donors (Lipinski definition) is 1. The van der Waals surface area contributed by atoms with E-state index in [1.165, 1.54) is 9.75 Å². The maximum atomic E-state index is 4.71. The van der Waals surface area contributed by atoms with E-state index in [1.54, 1.807) is 11.3 Å². The number of nitrogens with one attached hydrogen (secondary N) is 1. The number of thiophene rings is 1. The maximum Gasteiger partial charge on any atom is 0.133 e. The van der Waals surface area contributed by atoms with Crippen molar-refractivity contribution in [3.63, 3.8) is 0 Å². The van der Waals surface area contributed by atoms with Crippen molar-refractivity contribution in [2.75, 3.05) is 12.4 Å². The molecule has 0 amide bonds. The SMILES string of the molecule is CCCc1nc(NC)c(C)c(-c2ccc(C)s2)n1. The quantitative estimate of drug-likeness (QED) is 0.909. The summed E-state index contributed by atoms with van der Waals surface area (Å²) in [5.74, 6) is 1.86. The Kier molecular flexibility index (Phi) is 3.97. The third-order valence-electron chi connectivity index (χ3n) is 2.88. The summed E-state index contributed by atoms with van der Waals surface area (Å²) in [5.41, 5.74) is 2.19. The summed E-state index contributed by atoms with van der Waals surface area (Å²) in [6.45, 7) is 6.35. The van der Waals surface area contributed by atoms with Crippen LogP contribution in [0.4, 0.5) is 5.82 Å². The molecule has 0 radical (unpaired) electrons. The van der Waals surface area contributed by atoms with Gasteiger partial charge in [-0.15, -0.1) is 11.3 Å². The number of nitrogens with zero attached hydrogens (tertiary/aromatic N) is 2. The average molecular weight is 261 g/mol. The summed E-state index contributed by atoms with van der Waals surface area (Å²) < 4.78 is 0. The molecule has 0 saturated heterocycles. The molecule has 0 bridgehead atoms. The molecule has 0 aliphatic heterocycles. The number of aromatic nitrogens is 2. The molecule has 2 heterocycles. The van der Waals surface area contributed by atoms with Gasteiger partial charge in [0, 0.05) is 23.9 Å². The van der Waals surface area contributed by atoms with Crippen molar-refractivity contribution in [1.82, 2.24) is 9.97 Å². The van der Waals surface area contributed by atoms with Gasteiger partial charge in [-0.05, 0) is 32.4 Å². The zero-order valence-electron chi connectivity index (χ0n) is 11.4. The summed E-state index contributed by atoms with van der Waals surface area (Å²) in [6.07, 6.45) is 1.99. The smallest absolute Gasteiger partial charge is 0.133 e. The van der Waals surface area contributed by atoms with Crippen LogP contribution < -0.4 is 5.32 Å². The van der Waals surface area contributed by atoms with Crippen molar-refractivity contribution in [2.24, 2.45) is 0 Å². The van der Waals surface area contributed by atoms with E-state index in [9.17, 15) is 0 Å². The van der Waals surface area contributed by atoms with E-state index in [-0.39, 0.29) is 0 Å². The first-order chi connectivity index (χ1) is 8.65. The van der Waals surface area contributed by atoms with Gasteiger partial charge in [0.15, 0.2) is 0 Å². The maximum absolute atomic E-state index is 4.71. The highest BCUT2D eigenvalue weighted by Crippen LogP contribution is 2.31. The first kappa shape index (κ1) is 13.0. The lowest BCUT2D eigenvalue weighted by atomic mass is 10.2. The van der Waals surface area contributed by atoms with Crippen LogP contribution in [0, 0.1) is 13.8 Å². The number of hydrogen-bond acceptors (Lipinski definition) is 4. The van der Waals surface area contributed by atoms with Gasteiger partial charge in [-0.1, -0.05) is 6.92 Å². The van der Waals surface area contributed by atoms with Gasteiger partial charge in [-0.3, -0.25) is 0 Å². The molecule has 0 spiro atoms. The molecule has 0 aromatic carbocycles. The molecule has 0 atom stereocenters. The zero-order chi connectivity index (χ0) is 13.1. The van der Waals surface area contributed by atoms with Crippen LogP contribution >= 0.6 is 11.3 Å². The molecule has 0 unspecified atom stereocenters. The van der Waals surface area contributed by atoms with Crippen molar-refractivity contribution < 1.29 is 0 Å². The van der Waals surface area contributed by atoms with Crippen molar-refractivity contribution in [1.29, 1.82) is 0 Å². The third-order valence-corrected chi connectivity index (χ3v) is 3.88. The summed E-state index contributed by atoms with van der Waals surface area (Å²) in [5, 5.41) is 3.16. The van der Waals surface area contributed by atoms with E-state index in [0.717, 1.165) is 35.7 Å². The second kappa shape index (κ2) is 5.48. The molecule has 1 N–H and O–H groups in total. The third kappa shape index (κ3) is 2.53. The fourth-order valence-electron chi connectivity index (χ4n) is 1.94. The normalized spacial score (nSPS) is 10.7. The Morgan fingerprint density at radius 1 is 1.22 bits per heavy atom. The van der Waals surface area contributed by atoms with E-state index >= 15 is 0 Å². The van der Waals surface area contributed by atoms with Crippen LogP contribution in [0.3, 0.4) is 0 Å². The lowest BCUT2D eigenvalue weighted by molar-refractivity contribution is 0.835. The molecule has 96 valence electrons. The van der Waals surface area contributed by atoms with Gasteiger partial charge in [0.1, 0.15) is 11.6 Å². The van der Waals surface area contributed by atoms with Gasteiger partial charge >= 0.3 is 0 Å². The second-order valence-electron chi connectivity index (χ2n) is 4.37. The Labute approximate surface area is 112 Å². The van der Waals surface area contributed by atoms with Crippen LogP contribution in [0.25, 0.3) is 10.6 Å². The highest BCUT2D eigenvalue weighted by molar-refractivity contribution is 7.15. The lowest BCUT2D eigenvalue weighted by Gasteiger charge is -2.10. The second-order valence-corrected chi connectivity index (χ2v) is 5.66. The molecule has 0 fully saturated rings. The Bertz CT molecular complexity index is 546. The van der Waals surface area contributed by atoms with E-state index in [0.29, 0.717) is 0 Å². The van der Waals surface area contributed by atoms with Gasteiger partial charge in [0.05, 0.1) is 10.6 Å². The largest absolute Gasteiger partial charge is 0.373 e. The molecule has 0 saturated carbocycles. The first-order valence-electron chi connectivity index (χ1n) is 6.27. The van der Waals surface area contributed by atoms with Gasteiger partial charge in [-0.2, -0.15) is 0 Å². The average Bonchev–Trinajstić information content (AvgIpc) is 2.78. The Morgan fingerprint density at radius 3 is 2.56 bits per heavy atom. The molecule has 0 aliphatic rings. The van der Waals surface area contributed by atoms with Gasteiger partial charge in [-0.25, -0.2) is 9.97 Å². The number of rotatable bonds is 4. The molecule has 4 heteroatoms. The minimum Gasteiger partial charge on any atom is -0.373 e. The molecule has 2 aromatic heterocycles. The molecule has 18 heavy (non-hydrogen) atoms. The first-order valence-corrected chi connectivity index (χ1v) is 7.09. The van der Waals surface area contributed by atoms with Crippen LogP contribution in [0.15, 0.2) is 12.1 Å². The van der Waals surface area contributed by atoms with Crippen LogP contribution in [0.2, 0.25) is 0 Å². The predicted molar refractivity (Wildman–Crippen MR) is 78.4 cm³/mol. The summed E-state index contributed by atoms with van der Waals surface area (Å²) >= 11 is 1.78. The highest BCUT2D eigenvalue weighted by atomic mass is 32.1. The van der Waals surface area contributed by atoms with Crippen molar-refractivity contribution >= 4 is 17.2 Å². The van der Waals surface area contributed by atoms with Gasteiger partial charge in [0.2, 0.25) is 0 Å². The Hall–Kier alpha value is -1.42. The predicted octanol–water partition coefficient (Wildman–Crippen LogP) is 3.82. The number of anilines is 1. The lowest BCUT2D eigenvalue weighted by Crippen LogP contribution is -2.04. The van der Waals surface area contributed by atoms with Crippen LogP contribution in [0.1, 0.15) is 29.6 Å². The fraction of sp³-hybridized carbons (Fsp3) is 0.429. The summed E-state index contributed by atoms with van der Waals surface area (Å²) in [6, 6.07) is 4.28. The van der Waals surface area contributed by atoms with E-state index < -0.39 is 0 Å². The van der Waals surface area contributed by atoms with E-state index in [2.05, 4.69) is 43.2 Å². The van der Waals surface area contributed by atoms with E-state index in [1.807, 2.05) is 7.05 Å². The summed E-state index contributed by atoms with van der Waals surface area (Å²) in [4.78, 5) is 11.8. The zero-order valence-corrected chi connectivity index (χ0v) is 12.2. The fourth-order valence-corrected chi connectivity index (χ4v) is 2.86. The monoisotopic (exact) mass is 261 g/mol. The highest BCUT2D eigenvalue weighted by Gasteiger charge is 2.12. The Balaban J connectivity index is 2.54. The van der Waals surface area contributed by atoms with Crippen molar-refractivity contribution in [3.8, 4) is 10.6 Å². The number of aryl methyl sites for hydroxylation is 2. The topological polar surface area (TPSA) is 37.8 Å². The van der Waals surface area contributed by atoms with Crippen LogP contribution in [-0.2, 0) is 6.42 Å². The summed E-state index contributed by atoms with van der Waals surface area (Å²) in [7, 11) is 1.91.